The van der Waals surface area contributed by atoms with E-state index in [4.69, 9.17) is 21.4 Å². The van der Waals surface area contributed by atoms with E-state index in [0.29, 0.717) is 34.9 Å². The van der Waals surface area contributed by atoms with Crippen molar-refractivity contribution in [2.75, 3.05) is 17.2 Å². The van der Waals surface area contributed by atoms with Crippen LogP contribution >= 0.6 is 12.2 Å². The van der Waals surface area contributed by atoms with E-state index in [9.17, 15) is 9.59 Å². The molecule has 1 aromatic heterocycles. The Balaban J connectivity index is 1.36. The molecule has 0 unspecified atom stereocenters. The molecule has 34 heavy (non-hydrogen) atoms. The molecule has 0 aliphatic rings. The molecule has 0 atom stereocenters. The molecule has 0 fully saturated rings. The minimum absolute atomic E-state index is 0.130. The van der Waals surface area contributed by atoms with Crippen molar-refractivity contribution >= 4 is 51.5 Å². The van der Waals surface area contributed by atoms with Gasteiger partial charge in [-0.25, -0.2) is 0 Å². The molecule has 0 aliphatic carbocycles. The Hall–Kier alpha value is -4.17. The summed E-state index contributed by atoms with van der Waals surface area (Å²) in [6.07, 6.45) is 0.877. The molecular weight excluding hydrogens is 450 g/mol. The highest BCUT2D eigenvalue weighted by molar-refractivity contribution is 7.80. The van der Waals surface area contributed by atoms with Crippen molar-refractivity contribution in [3.8, 4) is 5.75 Å². The van der Waals surface area contributed by atoms with Gasteiger partial charge in [-0.2, -0.15) is 0 Å². The van der Waals surface area contributed by atoms with Gasteiger partial charge in [-0.3, -0.25) is 14.9 Å². The first kappa shape index (κ1) is 23.0. The van der Waals surface area contributed by atoms with Crippen molar-refractivity contribution in [2.45, 2.75) is 13.3 Å². The molecule has 0 bridgehead atoms. The number of furan rings is 1. The zero-order valence-electron chi connectivity index (χ0n) is 18.5. The summed E-state index contributed by atoms with van der Waals surface area (Å²) >= 11 is 5.28. The SMILES string of the molecule is CCCOc1cccc(C(=O)NC(=S)Nc2cccc(NC(=O)c3cc4ccccc4o3)c2)c1. The average Bonchev–Trinajstić information content (AvgIpc) is 3.28. The van der Waals surface area contributed by atoms with Crippen molar-refractivity contribution < 1.29 is 18.7 Å². The lowest BCUT2D eigenvalue weighted by atomic mass is 10.2. The van der Waals surface area contributed by atoms with Gasteiger partial charge in [-0.15, -0.1) is 0 Å². The predicted molar refractivity (Wildman–Crippen MR) is 137 cm³/mol. The third-order valence-corrected chi connectivity index (χ3v) is 5.03. The van der Waals surface area contributed by atoms with Crippen LogP contribution in [0.3, 0.4) is 0 Å². The molecule has 4 aromatic rings. The van der Waals surface area contributed by atoms with E-state index in [1.54, 1.807) is 60.7 Å². The summed E-state index contributed by atoms with van der Waals surface area (Å²) in [6.45, 7) is 2.59. The summed E-state index contributed by atoms with van der Waals surface area (Å²) in [4.78, 5) is 25.1. The van der Waals surface area contributed by atoms with Crippen molar-refractivity contribution in [3.05, 3.63) is 90.2 Å². The number of hydrogen-bond acceptors (Lipinski definition) is 5. The monoisotopic (exact) mass is 473 g/mol. The van der Waals surface area contributed by atoms with Crippen LogP contribution in [0.2, 0.25) is 0 Å². The molecule has 172 valence electrons. The largest absolute Gasteiger partial charge is 0.494 e. The number of anilines is 2. The number of nitrogens with one attached hydrogen (secondary N) is 3. The second-order valence-electron chi connectivity index (χ2n) is 7.47. The molecule has 0 aliphatic heterocycles. The van der Waals surface area contributed by atoms with Crippen molar-refractivity contribution in [1.29, 1.82) is 0 Å². The van der Waals surface area contributed by atoms with Gasteiger partial charge in [0.25, 0.3) is 11.8 Å². The summed E-state index contributed by atoms with van der Waals surface area (Å²) in [5.41, 5.74) is 2.23. The molecule has 0 saturated carbocycles. The van der Waals surface area contributed by atoms with Crippen LogP contribution in [0.5, 0.6) is 5.75 Å². The van der Waals surface area contributed by atoms with Crippen molar-refractivity contribution in [3.63, 3.8) is 0 Å². The number of benzene rings is 3. The maximum atomic E-state index is 12.6. The van der Waals surface area contributed by atoms with Crippen LogP contribution in [-0.2, 0) is 0 Å². The van der Waals surface area contributed by atoms with Crippen LogP contribution in [0.1, 0.15) is 34.3 Å². The van der Waals surface area contributed by atoms with Gasteiger partial charge in [0.15, 0.2) is 10.9 Å². The first-order valence-corrected chi connectivity index (χ1v) is 11.2. The first-order valence-electron chi connectivity index (χ1n) is 10.8. The Labute approximate surface area is 202 Å². The highest BCUT2D eigenvalue weighted by atomic mass is 32.1. The van der Waals surface area contributed by atoms with Gasteiger partial charge in [-0.05, 0) is 67.2 Å². The second-order valence-corrected chi connectivity index (χ2v) is 7.88. The Morgan fingerprint density at radius 3 is 2.44 bits per heavy atom. The molecular formula is C26H23N3O4S. The average molecular weight is 474 g/mol. The van der Waals surface area contributed by atoms with E-state index in [-0.39, 0.29) is 22.7 Å². The highest BCUT2D eigenvalue weighted by Gasteiger charge is 2.13. The normalized spacial score (nSPS) is 10.5. The fourth-order valence-electron chi connectivity index (χ4n) is 3.25. The van der Waals surface area contributed by atoms with Gasteiger partial charge in [0.05, 0.1) is 6.61 Å². The summed E-state index contributed by atoms with van der Waals surface area (Å²) in [6, 6.07) is 23.0. The van der Waals surface area contributed by atoms with Crippen LogP contribution < -0.4 is 20.7 Å². The van der Waals surface area contributed by atoms with E-state index in [0.717, 1.165) is 11.8 Å². The zero-order chi connectivity index (χ0) is 23.9. The van der Waals surface area contributed by atoms with Gasteiger partial charge >= 0.3 is 0 Å². The minimum atomic E-state index is -0.366. The molecule has 0 radical (unpaired) electrons. The second kappa shape index (κ2) is 10.6. The summed E-state index contributed by atoms with van der Waals surface area (Å²) < 4.78 is 11.2. The molecule has 0 spiro atoms. The van der Waals surface area contributed by atoms with Gasteiger partial charge in [-0.1, -0.05) is 37.3 Å². The number of ether oxygens (including phenoxy) is 1. The van der Waals surface area contributed by atoms with Gasteiger partial charge in [0.2, 0.25) is 0 Å². The number of thiocarbonyl (C=S) groups is 1. The fraction of sp³-hybridized carbons (Fsp3) is 0.115. The standard InChI is InChI=1S/C26H23N3O4S/c1-2-13-32-21-11-5-8-18(14-21)24(30)29-26(34)28-20-10-6-9-19(16-20)27-25(31)23-15-17-7-3-4-12-22(17)33-23/h3-12,14-16H,2,13H2,1H3,(H,27,31)(H2,28,29,30,34). The molecule has 1 heterocycles. The van der Waals surface area contributed by atoms with E-state index < -0.39 is 0 Å². The maximum absolute atomic E-state index is 12.6. The summed E-state index contributed by atoms with van der Waals surface area (Å²) in [7, 11) is 0. The highest BCUT2D eigenvalue weighted by Crippen LogP contribution is 2.21. The number of fused-ring (bicyclic) bond motifs is 1. The van der Waals surface area contributed by atoms with E-state index in [1.165, 1.54) is 0 Å². The first-order chi connectivity index (χ1) is 16.5. The van der Waals surface area contributed by atoms with Crippen molar-refractivity contribution in [2.24, 2.45) is 0 Å². The third kappa shape index (κ3) is 5.79. The molecule has 7 nitrogen and oxygen atoms in total. The molecule has 3 aromatic carbocycles. The number of amides is 2. The Kier molecular flexibility index (Phi) is 7.19. The smallest absolute Gasteiger partial charge is 0.291 e. The topological polar surface area (TPSA) is 92.6 Å². The molecule has 0 saturated heterocycles. The summed E-state index contributed by atoms with van der Waals surface area (Å²) in [5, 5.41) is 9.40. The van der Waals surface area contributed by atoms with E-state index in [2.05, 4.69) is 16.0 Å². The lowest BCUT2D eigenvalue weighted by Crippen LogP contribution is -2.34. The van der Waals surface area contributed by atoms with Gasteiger partial charge in [0, 0.05) is 22.3 Å². The summed E-state index contributed by atoms with van der Waals surface area (Å²) in [5.74, 6) is 0.122. The zero-order valence-corrected chi connectivity index (χ0v) is 19.3. The fourth-order valence-corrected chi connectivity index (χ4v) is 3.46. The number of para-hydroxylation sites is 1. The number of carbonyl (C=O) groups excluding carboxylic acids is 2. The Morgan fingerprint density at radius 2 is 1.65 bits per heavy atom. The van der Waals surface area contributed by atoms with Crippen LogP contribution in [0.15, 0.2) is 83.3 Å². The molecule has 2 amide bonds. The predicted octanol–water partition coefficient (Wildman–Crippen LogP) is 5.60. The van der Waals surface area contributed by atoms with E-state index in [1.807, 2.05) is 25.1 Å². The van der Waals surface area contributed by atoms with E-state index >= 15 is 0 Å². The van der Waals surface area contributed by atoms with Crippen LogP contribution in [-0.4, -0.2) is 23.5 Å². The number of carbonyl (C=O) groups is 2. The Morgan fingerprint density at radius 1 is 0.882 bits per heavy atom. The number of hydrogen-bond donors (Lipinski definition) is 3. The van der Waals surface area contributed by atoms with Crippen LogP contribution in [0.4, 0.5) is 11.4 Å². The van der Waals surface area contributed by atoms with Gasteiger partial charge < -0.3 is 19.8 Å². The Bertz CT molecular complexity index is 1320. The van der Waals surface area contributed by atoms with Crippen molar-refractivity contribution in [1.82, 2.24) is 5.32 Å². The quantitative estimate of drug-likeness (QED) is 0.303. The van der Waals surface area contributed by atoms with Gasteiger partial charge in [0.1, 0.15) is 11.3 Å². The number of rotatable bonds is 7. The lowest BCUT2D eigenvalue weighted by molar-refractivity contribution is 0.0975. The maximum Gasteiger partial charge on any atom is 0.291 e. The van der Waals surface area contributed by atoms with Crippen LogP contribution in [0.25, 0.3) is 11.0 Å². The molecule has 4 rings (SSSR count). The van der Waals surface area contributed by atoms with Crippen LogP contribution in [0, 0.1) is 0 Å². The molecule has 3 N–H and O–H groups in total. The molecule has 8 heteroatoms. The third-order valence-electron chi connectivity index (χ3n) is 4.82. The lowest BCUT2D eigenvalue weighted by Gasteiger charge is -2.12. The minimum Gasteiger partial charge on any atom is -0.494 e.